The molecule has 0 aliphatic carbocycles. The number of benzene rings is 2. The molecule has 1 fully saturated rings. The van der Waals surface area contributed by atoms with Crippen LogP contribution in [0.25, 0.3) is 10.4 Å². The van der Waals surface area contributed by atoms with E-state index in [2.05, 4.69) is 14.9 Å². The van der Waals surface area contributed by atoms with E-state index in [-0.39, 0.29) is 6.03 Å². The smallest absolute Gasteiger partial charge is 0.307 e. The number of amides is 2. The molecule has 3 rings (SSSR count). The average Bonchev–Trinajstić information content (AvgIpc) is 2.67. The number of carbonyl (C=O) groups is 1. The van der Waals surface area contributed by atoms with Gasteiger partial charge in [-0.3, -0.25) is 4.90 Å². The molecule has 0 atom stereocenters. The van der Waals surface area contributed by atoms with Crippen LogP contribution >= 0.6 is 0 Å². The number of urea groups is 1. The second kappa shape index (κ2) is 8.89. The van der Waals surface area contributed by atoms with Crippen LogP contribution in [0, 0.1) is 0 Å². The molecule has 2 amide bonds. The van der Waals surface area contributed by atoms with Crippen LogP contribution in [-0.2, 0) is 13.1 Å². The third kappa shape index (κ3) is 4.75. The van der Waals surface area contributed by atoms with Crippen molar-refractivity contribution in [1.29, 1.82) is 0 Å². The lowest BCUT2D eigenvalue weighted by Gasteiger charge is -2.42. The molecule has 1 aliphatic heterocycles. The van der Waals surface area contributed by atoms with E-state index in [9.17, 15) is 4.79 Å². The van der Waals surface area contributed by atoms with Crippen LogP contribution < -0.4 is 0 Å². The zero-order valence-electron chi connectivity index (χ0n) is 14.6. The van der Waals surface area contributed by atoms with E-state index in [4.69, 9.17) is 5.53 Å². The Balaban J connectivity index is 1.73. The summed E-state index contributed by atoms with van der Waals surface area (Å²) in [6, 6.07) is 20.0. The standard InChI is InChI=1S/C19H22N6O/c20-22-21-11-12-23-15-24(13-17-7-3-1-4-8-17)19(26)25(16-23)14-18-9-5-2-6-10-18/h1-10H,11-16H2. The topological polar surface area (TPSA) is 75.5 Å². The van der Waals surface area contributed by atoms with Gasteiger partial charge in [-0.1, -0.05) is 65.8 Å². The lowest BCUT2D eigenvalue weighted by atomic mass is 10.2. The summed E-state index contributed by atoms with van der Waals surface area (Å²) in [5, 5.41) is 3.62. The second-order valence-corrected chi connectivity index (χ2v) is 6.28. The van der Waals surface area contributed by atoms with E-state index >= 15 is 0 Å². The first-order chi connectivity index (χ1) is 12.8. The minimum Gasteiger partial charge on any atom is -0.307 e. The molecule has 0 saturated carbocycles. The summed E-state index contributed by atoms with van der Waals surface area (Å²) in [6.07, 6.45) is 0. The fourth-order valence-electron chi connectivity index (χ4n) is 3.06. The number of carbonyl (C=O) groups excluding carboxylic acids is 1. The predicted molar refractivity (Wildman–Crippen MR) is 99.8 cm³/mol. The van der Waals surface area contributed by atoms with Gasteiger partial charge in [-0.25, -0.2) is 4.79 Å². The lowest BCUT2D eigenvalue weighted by molar-refractivity contribution is 0.0284. The van der Waals surface area contributed by atoms with Gasteiger partial charge in [0.05, 0.1) is 13.3 Å². The van der Waals surface area contributed by atoms with E-state index < -0.39 is 0 Å². The van der Waals surface area contributed by atoms with Gasteiger partial charge in [-0.05, 0) is 16.7 Å². The summed E-state index contributed by atoms with van der Waals surface area (Å²) < 4.78 is 0. The zero-order valence-corrected chi connectivity index (χ0v) is 14.6. The van der Waals surface area contributed by atoms with Gasteiger partial charge in [0.25, 0.3) is 0 Å². The van der Waals surface area contributed by atoms with Gasteiger partial charge in [-0.2, -0.15) is 0 Å². The SMILES string of the molecule is [N-]=[N+]=NCCN1CN(Cc2ccccc2)C(=O)N(Cc2ccccc2)C1. The Morgan fingerprint density at radius 3 is 1.85 bits per heavy atom. The molecular formula is C19H22N6O. The summed E-state index contributed by atoms with van der Waals surface area (Å²) in [5.74, 6) is 0. The monoisotopic (exact) mass is 350 g/mol. The van der Waals surface area contributed by atoms with Gasteiger partial charge in [0.15, 0.2) is 0 Å². The van der Waals surface area contributed by atoms with Gasteiger partial charge in [-0.15, -0.1) is 0 Å². The second-order valence-electron chi connectivity index (χ2n) is 6.28. The summed E-state index contributed by atoms with van der Waals surface area (Å²) in [4.78, 5) is 21.6. The highest BCUT2D eigenvalue weighted by atomic mass is 16.2. The Kier molecular flexibility index (Phi) is 6.09. The summed E-state index contributed by atoms with van der Waals surface area (Å²) >= 11 is 0. The molecule has 1 saturated heterocycles. The molecule has 0 unspecified atom stereocenters. The molecule has 26 heavy (non-hydrogen) atoms. The number of hydrogen-bond donors (Lipinski definition) is 0. The molecule has 7 nitrogen and oxygen atoms in total. The van der Waals surface area contributed by atoms with E-state index in [0.29, 0.717) is 39.5 Å². The van der Waals surface area contributed by atoms with Crippen LogP contribution in [-0.4, -0.2) is 47.2 Å². The van der Waals surface area contributed by atoms with Crippen molar-refractivity contribution < 1.29 is 4.79 Å². The van der Waals surface area contributed by atoms with E-state index in [0.717, 1.165) is 11.1 Å². The number of rotatable bonds is 7. The van der Waals surface area contributed by atoms with Crippen molar-refractivity contribution in [3.05, 3.63) is 82.2 Å². The van der Waals surface area contributed by atoms with Crippen LogP contribution in [0.15, 0.2) is 65.8 Å². The Morgan fingerprint density at radius 2 is 1.38 bits per heavy atom. The molecular weight excluding hydrogens is 328 g/mol. The van der Waals surface area contributed by atoms with Gasteiger partial charge in [0.1, 0.15) is 0 Å². The fourth-order valence-corrected chi connectivity index (χ4v) is 3.06. The van der Waals surface area contributed by atoms with Crippen LogP contribution in [0.5, 0.6) is 0 Å². The highest BCUT2D eigenvalue weighted by Gasteiger charge is 2.29. The molecule has 7 heteroatoms. The van der Waals surface area contributed by atoms with Crippen molar-refractivity contribution in [2.24, 2.45) is 5.11 Å². The molecule has 1 aliphatic rings. The first kappa shape index (κ1) is 17.8. The molecule has 0 bridgehead atoms. The van der Waals surface area contributed by atoms with Gasteiger partial charge >= 0.3 is 6.03 Å². The van der Waals surface area contributed by atoms with Crippen molar-refractivity contribution in [1.82, 2.24) is 14.7 Å². The van der Waals surface area contributed by atoms with Crippen molar-refractivity contribution >= 4 is 6.03 Å². The van der Waals surface area contributed by atoms with Crippen molar-refractivity contribution in [2.75, 3.05) is 26.4 Å². The Labute approximate surface area is 153 Å². The molecule has 2 aromatic rings. The zero-order chi connectivity index (χ0) is 18.2. The highest BCUT2D eigenvalue weighted by molar-refractivity contribution is 5.75. The first-order valence-electron chi connectivity index (χ1n) is 8.61. The normalized spacial score (nSPS) is 15.0. The van der Waals surface area contributed by atoms with Crippen LogP contribution in [0.3, 0.4) is 0 Å². The quantitative estimate of drug-likeness (QED) is 0.434. The van der Waals surface area contributed by atoms with Crippen LogP contribution in [0.1, 0.15) is 11.1 Å². The summed E-state index contributed by atoms with van der Waals surface area (Å²) in [5.41, 5.74) is 10.7. The van der Waals surface area contributed by atoms with E-state index in [1.54, 1.807) is 0 Å². The minimum absolute atomic E-state index is 0.0257. The average molecular weight is 350 g/mol. The van der Waals surface area contributed by atoms with Gasteiger partial charge < -0.3 is 9.80 Å². The van der Waals surface area contributed by atoms with Crippen molar-refractivity contribution in [2.45, 2.75) is 13.1 Å². The summed E-state index contributed by atoms with van der Waals surface area (Å²) in [6.45, 7) is 3.18. The van der Waals surface area contributed by atoms with Crippen LogP contribution in [0.2, 0.25) is 0 Å². The predicted octanol–water partition coefficient (Wildman–Crippen LogP) is 3.65. The Morgan fingerprint density at radius 1 is 0.885 bits per heavy atom. The third-order valence-electron chi connectivity index (χ3n) is 4.29. The first-order valence-corrected chi connectivity index (χ1v) is 8.61. The maximum Gasteiger partial charge on any atom is 0.322 e. The number of hydrogen-bond acceptors (Lipinski definition) is 3. The summed E-state index contributed by atoms with van der Waals surface area (Å²) in [7, 11) is 0. The third-order valence-corrected chi connectivity index (χ3v) is 4.29. The molecule has 0 spiro atoms. The molecule has 1 heterocycles. The molecule has 0 aromatic heterocycles. The lowest BCUT2D eigenvalue weighted by Crippen LogP contribution is -2.57. The molecule has 0 N–H and O–H groups in total. The number of azide groups is 1. The maximum absolute atomic E-state index is 13.0. The minimum atomic E-state index is 0.0257. The van der Waals surface area contributed by atoms with Gasteiger partial charge in [0, 0.05) is 31.1 Å². The van der Waals surface area contributed by atoms with Gasteiger partial charge in [0.2, 0.25) is 0 Å². The van der Waals surface area contributed by atoms with Crippen LogP contribution in [0.4, 0.5) is 4.79 Å². The van der Waals surface area contributed by atoms with E-state index in [1.165, 1.54) is 0 Å². The highest BCUT2D eigenvalue weighted by Crippen LogP contribution is 2.17. The largest absolute Gasteiger partial charge is 0.322 e. The fraction of sp³-hybridized carbons (Fsp3) is 0.316. The Bertz CT molecular complexity index is 707. The Hall–Kier alpha value is -3.02. The van der Waals surface area contributed by atoms with Crippen molar-refractivity contribution in [3.8, 4) is 0 Å². The molecule has 0 radical (unpaired) electrons. The number of nitrogens with zero attached hydrogens (tertiary/aromatic N) is 6. The van der Waals surface area contributed by atoms with Crippen molar-refractivity contribution in [3.63, 3.8) is 0 Å². The maximum atomic E-state index is 13.0. The van der Waals surface area contributed by atoms with E-state index in [1.807, 2.05) is 70.5 Å². The molecule has 2 aromatic carbocycles. The molecule has 134 valence electrons.